The molecule has 3 rings (SSSR count). The highest BCUT2D eigenvalue weighted by molar-refractivity contribution is 5.93. The van der Waals surface area contributed by atoms with Gasteiger partial charge in [-0.2, -0.15) is 5.10 Å². The first-order valence-corrected chi connectivity index (χ1v) is 6.47. The van der Waals surface area contributed by atoms with Gasteiger partial charge in [0.1, 0.15) is 12.2 Å². The molecule has 96 valence electrons. The van der Waals surface area contributed by atoms with Gasteiger partial charge in [0.05, 0.1) is 6.54 Å². The summed E-state index contributed by atoms with van der Waals surface area (Å²) >= 11 is 0. The summed E-state index contributed by atoms with van der Waals surface area (Å²) in [6.07, 6.45) is 1.60. The summed E-state index contributed by atoms with van der Waals surface area (Å²) in [6, 6.07) is 14.6. The van der Waals surface area contributed by atoms with Gasteiger partial charge in [0.25, 0.3) is 0 Å². The van der Waals surface area contributed by atoms with E-state index in [0.717, 1.165) is 18.1 Å². The topological polar surface area (TPSA) is 42.7 Å². The average Bonchev–Trinajstić information content (AvgIpc) is 2.92. The summed E-state index contributed by atoms with van der Waals surface area (Å²) in [4.78, 5) is 4.27. The normalized spacial score (nSPS) is 10.8. The van der Waals surface area contributed by atoms with Crippen molar-refractivity contribution in [3.05, 3.63) is 54.6 Å². The first kappa shape index (κ1) is 11.7. The van der Waals surface area contributed by atoms with Crippen LogP contribution < -0.4 is 5.32 Å². The van der Waals surface area contributed by atoms with E-state index in [1.54, 1.807) is 6.33 Å². The fraction of sp³-hybridized carbons (Fsp3) is 0.200. The fourth-order valence-electron chi connectivity index (χ4n) is 2.24. The highest BCUT2D eigenvalue weighted by Gasteiger charge is 2.04. The van der Waals surface area contributed by atoms with Crippen LogP contribution >= 0.6 is 0 Å². The Morgan fingerprint density at radius 1 is 1.11 bits per heavy atom. The summed E-state index contributed by atoms with van der Waals surface area (Å²) in [5.74, 6) is 0.954. The van der Waals surface area contributed by atoms with Crippen LogP contribution in [0.15, 0.2) is 48.8 Å². The number of hydrogen-bond acceptors (Lipinski definition) is 3. The maximum Gasteiger partial charge on any atom is 0.146 e. The number of fused-ring (bicyclic) bond motifs is 1. The van der Waals surface area contributed by atoms with Crippen LogP contribution in [0, 0.1) is 0 Å². The van der Waals surface area contributed by atoms with Crippen LogP contribution in [0.3, 0.4) is 0 Å². The lowest BCUT2D eigenvalue weighted by Gasteiger charge is -2.09. The number of hydrogen-bond donors (Lipinski definition) is 1. The quantitative estimate of drug-likeness (QED) is 0.776. The van der Waals surface area contributed by atoms with Gasteiger partial charge in [0.15, 0.2) is 0 Å². The molecule has 3 aromatic rings. The molecule has 0 saturated carbocycles. The SMILES string of the molecule is CCn1ncnc1CNc1cccc2ccccc12. The summed E-state index contributed by atoms with van der Waals surface area (Å²) in [7, 11) is 0. The van der Waals surface area contributed by atoms with Gasteiger partial charge < -0.3 is 5.32 Å². The first-order chi connectivity index (χ1) is 9.38. The van der Waals surface area contributed by atoms with E-state index in [4.69, 9.17) is 0 Å². The summed E-state index contributed by atoms with van der Waals surface area (Å²) in [5.41, 5.74) is 1.13. The molecule has 0 spiro atoms. The number of benzene rings is 2. The van der Waals surface area contributed by atoms with Gasteiger partial charge in [-0.1, -0.05) is 36.4 Å². The molecule has 0 fully saturated rings. The van der Waals surface area contributed by atoms with E-state index in [0.29, 0.717) is 6.54 Å². The molecular weight excluding hydrogens is 236 g/mol. The van der Waals surface area contributed by atoms with Crippen LogP contribution in [0.5, 0.6) is 0 Å². The van der Waals surface area contributed by atoms with Gasteiger partial charge in [-0.15, -0.1) is 0 Å². The van der Waals surface area contributed by atoms with Crippen molar-refractivity contribution >= 4 is 16.5 Å². The Morgan fingerprint density at radius 2 is 1.95 bits per heavy atom. The Morgan fingerprint density at radius 3 is 2.84 bits per heavy atom. The predicted octanol–water partition coefficient (Wildman–Crippen LogP) is 3.06. The number of nitrogens with zero attached hydrogens (tertiary/aromatic N) is 3. The Hall–Kier alpha value is -2.36. The van der Waals surface area contributed by atoms with E-state index in [2.05, 4.69) is 64.8 Å². The third kappa shape index (κ3) is 2.29. The number of aryl methyl sites for hydroxylation is 1. The van der Waals surface area contributed by atoms with E-state index >= 15 is 0 Å². The second-order valence-corrected chi connectivity index (χ2v) is 4.37. The zero-order valence-corrected chi connectivity index (χ0v) is 10.9. The maximum absolute atomic E-state index is 4.27. The van der Waals surface area contributed by atoms with Crippen LogP contribution in [0.2, 0.25) is 0 Å². The zero-order valence-electron chi connectivity index (χ0n) is 10.9. The van der Waals surface area contributed by atoms with Crippen LogP contribution in [-0.4, -0.2) is 14.8 Å². The minimum atomic E-state index is 0.682. The van der Waals surface area contributed by atoms with E-state index < -0.39 is 0 Å². The van der Waals surface area contributed by atoms with Gasteiger partial charge in [-0.3, -0.25) is 0 Å². The monoisotopic (exact) mass is 252 g/mol. The third-order valence-electron chi connectivity index (χ3n) is 3.22. The van der Waals surface area contributed by atoms with E-state index in [1.165, 1.54) is 10.8 Å². The van der Waals surface area contributed by atoms with Crippen molar-refractivity contribution in [3.63, 3.8) is 0 Å². The Balaban J connectivity index is 1.86. The molecule has 2 aromatic carbocycles. The molecule has 0 unspecified atom stereocenters. The second-order valence-electron chi connectivity index (χ2n) is 4.37. The van der Waals surface area contributed by atoms with Gasteiger partial charge >= 0.3 is 0 Å². The van der Waals surface area contributed by atoms with Crippen LogP contribution in [0.25, 0.3) is 10.8 Å². The molecule has 0 atom stereocenters. The maximum atomic E-state index is 4.27. The molecule has 0 aliphatic heterocycles. The van der Waals surface area contributed by atoms with Crippen LogP contribution in [-0.2, 0) is 13.1 Å². The van der Waals surface area contributed by atoms with Crippen molar-refractivity contribution in [1.29, 1.82) is 0 Å². The molecule has 0 bridgehead atoms. The van der Waals surface area contributed by atoms with Gasteiger partial charge in [-0.05, 0) is 18.4 Å². The number of aromatic nitrogens is 3. The Kier molecular flexibility index (Phi) is 3.14. The molecule has 4 heteroatoms. The molecule has 0 radical (unpaired) electrons. The second kappa shape index (κ2) is 5.10. The predicted molar refractivity (Wildman–Crippen MR) is 77.0 cm³/mol. The standard InChI is InChI=1S/C15H16N4/c1-2-19-15(17-11-18-19)10-16-14-9-5-7-12-6-3-4-8-13(12)14/h3-9,11,16H,2,10H2,1H3. The van der Waals surface area contributed by atoms with Crippen molar-refractivity contribution in [2.24, 2.45) is 0 Å². The van der Waals surface area contributed by atoms with E-state index in [9.17, 15) is 0 Å². The van der Waals surface area contributed by atoms with E-state index in [-0.39, 0.29) is 0 Å². The lowest BCUT2D eigenvalue weighted by atomic mass is 10.1. The minimum absolute atomic E-state index is 0.682. The summed E-state index contributed by atoms with van der Waals surface area (Å²) in [5, 5.41) is 10.1. The van der Waals surface area contributed by atoms with Crippen molar-refractivity contribution < 1.29 is 0 Å². The number of anilines is 1. The van der Waals surface area contributed by atoms with Crippen molar-refractivity contribution in [2.45, 2.75) is 20.0 Å². The molecule has 4 nitrogen and oxygen atoms in total. The number of nitrogens with one attached hydrogen (secondary N) is 1. The third-order valence-corrected chi connectivity index (χ3v) is 3.22. The van der Waals surface area contributed by atoms with E-state index in [1.807, 2.05) is 4.68 Å². The highest BCUT2D eigenvalue weighted by atomic mass is 15.3. The lowest BCUT2D eigenvalue weighted by Crippen LogP contribution is -2.09. The molecule has 1 aromatic heterocycles. The van der Waals surface area contributed by atoms with Crippen LogP contribution in [0.4, 0.5) is 5.69 Å². The molecule has 0 aliphatic carbocycles. The molecule has 0 aliphatic rings. The Bertz CT molecular complexity index is 682. The van der Waals surface area contributed by atoms with Gasteiger partial charge in [0, 0.05) is 17.6 Å². The summed E-state index contributed by atoms with van der Waals surface area (Å²) < 4.78 is 1.90. The highest BCUT2D eigenvalue weighted by Crippen LogP contribution is 2.23. The van der Waals surface area contributed by atoms with Crippen molar-refractivity contribution in [3.8, 4) is 0 Å². The minimum Gasteiger partial charge on any atom is -0.377 e. The molecule has 0 saturated heterocycles. The zero-order chi connectivity index (χ0) is 13.1. The molecule has 1 N–H and O–H groups in total. The molecule has 1 heterocycles. The molecule has 19 heavy (non-hydrogen) atoms. The Labute approximate surface area is 112 Å². The molecular formula is C15H16N4. The average molecular weight is 252 g/mol. The fourth-order valence-corrected chi connectivity index (χ4v) is 2.24. The van der Waals surface area contributed by atoms with Crippen molar-refractivity contribution in [2.75, 3.05) is 5.32 Å². The van der Waals surface area contributed by atoms with Crippen LogP contribution in [0.1, 0.15) is 12.7 Å². The summed E-state index contributed by atoms with van der Waals surface area (Å²) in [6.45, 7) is 3.59. The smallest absolute Gasteiger partial charge is 0.146 e. The van der Waals surface area contributed by atoms with Crippen molar-refractivity contribution in [1.82, 2.24) is 14.8 Å². The largest absolute Gasteiger partial charge is 0.377 e. The molecule has 0 amide bonds. The number of rotatable bonds is 4. The van der Waals surface area contributed by atoms with Gasteiger partial charge in [0.2, 0.25) is 0 Å². The first-order valence-electron chi connectivity index (χ1n) is 6.47. The van der Waals surface area contributed by atoms with Gasteiger partial charge in [-0.25, -0.2) is 9.67 Å². The lowest BCUT2D eigenvalue weighted by molar-refractivity contribution is 0.622.